The Labute approximate surface area is 177 Å². The molecule has 0 saturated carbocycles. The van der Waals surface area contributed by atoms with Crippen LogP contribution in [0.1, 0.15) is 11.1 Å². The molecule has 4 nitrogen and oxygen atoms in total. The molecule has 29 heavy (non-hydrogen) atoms. The van der Waals surface area contributed by atoms with Crippen molar-refractivity contribution in [1.29, 1.82) is 0 Å². The van der Waals surface area contributed by atoms with Crippen LogP contribution in [0.4, 0.5) is 0 Å². The van der Waals surface area contributed by atoms with E-state index in [1.54, 1.807) is 11.8 Å². The Bertz CT molecular complexity index is 1180. The lowest BCUT2D eigenvalue weighted by atomic mass is 10.1. The third-order valence-electron chi connectivity index (χ3n) is 4.82. The fraction of sp³-hybridized carbons (Fsp3) is 0.130. The van der Waals surface area contributed by atoms with E-state index in [1.165, 1.54) is 0 Å². The lowest BCUT2D eigenvalue weighted by Crippen LogP contribution is -2.13. The third kappa shape index (κ3) is 3.69. The van der Waals surface area contributed by atoms with Gasteiger partial charge in [0.05, 0.1) is 6.61 Å². The number of ether oxygens (including phenoxy) is 2. The van der Waals surface area contributed by atoms with Crippen LogP contribution in [0.3, 0.4) is 0 Å². The molecule has 0 N–H and O–H groups in total. The first kappa shape index (κ1) is 18.4. The van der Waals surface area contributed by atoms with Crippen molar-refractivity contribution in [2.45, 2.75) is 17.4 Å². The van der Waals surface area contributed by atoms with Gasteiger partial charge in [0.2, 0.25) is 0 Å². The molecule has 0 amide bonds. The van der Waals surface area contributed by atoms with Gasteiger partial charge in [-0.15, -0.1) is 10.2 Å². The summed E-state index contributed by atoms with van der Waals surface area (Å²) in [6, 6.07) is 22.2. The van der Waals surface area contributed by atoms with E-state index in [0.29, 0.717) is 17.4 Å². The van der Waals surface area contributed by atoms with Gasteiger partial charge in [-0.3, -0.25) is 0 Å². The van der Waals surface area contributed by atoms with Gasteiger partial charge >= 0.3 is 0 Å². The van der Waals surface area contributed by atoms with Crippen LogP contribution < -0.4 is 4.74 Å². The molecule has 0 saturated heterocycles. The first-order valence-corrected chi connectivity index (χ1v) is 10.6. The lowest BCUT2D eigenvalue weighted by molar-refractivity contribution is -0.0168. The Morgan fingerprint density at radius 1 is 0.931 bits per heavy atom. The number of thioether (sulfide) groups is 1. The maximum Gasteiger partial charge on any atom is 0.189 e. The molecule has 0 unspecified atom stereocenters. The maximum atomic E-state index is 6.30. The first-order chi connectivity index (χ1) is 14.3. The largest absolute Gasteiger partial charge is 0.467 e. The number of nitrogens with zero attached hydrogens (tertiary/aromatic N) is 2. The summed E-state index contributed by atoms with van der Waals surface area (Å²) in [5.41, 5.74) is 3.98. The minimum absolute atomic E-state index is 0.265. The molecular weight excluding hydrogens is 404 g/mol. The van der Waals surface area contributed by atoms with Crippen LogP contribution in [-0.2, 0) is 17.1 Å². The number of benzene rings is 3. The number of hydrogen-bond donors (Lipinski definition) is 0. The van der Waals surface area contributed by atoms with Crippen molar-refractivity contribution in [2.75, 3.05) is 6.79 Å². The van der Waals surface area contributed by atoms with Gasteiger partial charge in [0.1, 0.15) is 16.5 Å². The van der Waals surface area contributed by atoms with E-state index in [2.05, 4.69) is 34.5 Å². The molecule has 2 heterocycles. The summed E-state index contributed by atoms with van der Waals surface area (Å²) in [6.07, 6.45) is 0. The standard InChI is InChI=1S/C23H17ClN2O2S/c24-18-10-16-12-27-14-28-22(16)17(11-18)13-29-23-20-9-5-4-8-19(20)21(25-26-23)15-6-2-1-3-7-15/h1-11H,12-14H2. The summed E-state index contributed by atoms with van der Waals surface area (Å²) in [7, 11) is 0. The Hall–Kier alpha value is -2.60. The van der Waals surface area contributed by atoms with Crippen molar-refractivity contribution in [1.82, 2.24) is 10.2 Å². The Morgan fingerprint density at radius 3 is 2.59 bits per heavy atom. The van der Waals surface area contributed by atoms with Crippen LogP contribution in [0.25, 0.3) is 22.0 Å². The second kappa shape index (κ2) is 8.03. The highest BCUT2D eigenvalue weighted by Gasteiger charge is 2.18. The predicted octanol–water partition coefficient (Wildman–Crippen LogP) is 6.11. The number of fused-ring (bicyclic) bond motifs is 2. The van der Waals surface area contributed by atoms with Crippen molar-refractivity contribution >= 4 is 34.1 Å². The topological polar surface area (TPSA) is 44.2 Å². The molecule has 144 valence electrons. The summed E-state index contributed by atoms with van der Waals surface area (Å²) in [4.78, 5) is 0. The normalized spacial score (nSPS) is 13.1. The number of rotatable bonds is 4. The molecular formula is C23H17ClN2O2S. The quantitative estimate of drug-likeness (QED) is 0.373. The molecule has 0 fully saturated rings. The summed E-state index contributed by atoms with van der Waals surface area (Å²) in [5.74, 6) is 1.55. The Morgan fingerprint density at radius 2 is 1.72 bits per heavy atom. The van der Waals surface area contributed by atoms with Crippen LogP contribution in [0.5, 0.6) is 5.75 Å². The van der Waals surface area contributed by atoms with Gasteiger partial charge in [0, 0.05) is 38.2 Å². The van der Waals surface area contributed by atoms with Gasteiger partial charge in [0.25, 0.3) is 0 Å². The molecule has 6 heteroatoms. The highest BCUT2D eigenvalue weighted by Crippen LogP contribution is 2.37. The van der Waals surface area contributed by atoms with Gasteiger partial charge in [-0.1, -0.05) is 78.0 Å². The van der Waals surface area contributed by atoms with E-state index < -0.39 is 0 Å². The zero-order chi connectivity index (χ0) is 19.6. The van der Waals surface area contributed by atoms with Gasteiger partial charge in [-0.25, -0.2) is 0 Å². The fourth-order valence-corrected chi connectivity index (χ4v) is 4.71. The molecule has 1 aromatic heterocycles. The van der Waals surface area contributed by atoms with Crippen LogP contribution in [0.2, 0.25) is 5.02 Å². The second-order valence-electron chi connectivity index (χ2n) is 6.72. The summed E-state index contributed by atoms with van der Waals surface area (Å²) in [5, 5.41) is 12.8. The highest BCUT2D eigenvalue weighted by atomic mass is 35.5. The minimum Gasteiger partial charge on any atom is -0.467 e. The molecule has 1 aliphatic heterocycles. The smallest absolute Gasteiger partial charge is 0.189 e. The molecule has 0 radical (unpaired) electrons. The maximum absolute atomic E-state index is 6.30. The summed E-state index contributed by atoms with van der Waals surface area (Å²) >= 11 is 7.93. The second-order valence-corrected chi connectivity index (χ2v) is 8.12. The Kier molecular flexibility index (Phi) is 5.10. The predicted molar refractivity (Wildman–Crippen MR) is 116 cm³/mol. The van der Waals surface area contributed by atoms with Crippen molar-refractivity contribution in [3.8, 4) is 17.0 Å². The number of aromatic nitrogens is 2. The van der Waals surface area contributed by atoms with E-state index >= 15 is 0 Å². The van der Waals surface area contributed by atoms with Gasteiger partial charge in [-0.05, 0) is 12.1 Å². The molecule has 3 aromatic carbocycles. The zero-order valence-corrected chi connectivity index (χ0v) is 17.0. The van der Waals surface area contributed by atoms with E-state index in [-0.39, 0.29) is 6.79 Å². The van der Waals surface area contributed by atoms with Gasteiger partial charge in [-0.2, -0.15) is 0 Å². The molecule has 0 aliphatic carbocycles. The average Bonchev–Trinajstić information content (AvgIpc) is 2.77. The molecule has 0 atom stereocenters. The van der Waals surface area contributed by atoms with Crippen molar-refractivity contribution in [2.24, 2.45) is 0 Å². The van der Waals surface area contributed by atoms with Gasteiger partial charge in [0.15, 0.2) is 6.79 Å². The lowest BCUT2D eigenvalue weighted by Gasteiger charge is -2.21. The highest BCUT2D eigenvalue weighted by molar-refractivity contribution is 7.98. The van der Waals surface area contributed by atoms with E-state index in [9.17, 15) is 0 Å². The first-order valence-electron chi connectivity index (χ1n) is 9.25. The van der Waals surface area contributed by atoms with Crippen LogP contribution >= 0.6 is 23.4 Å². The van der Waals surface area contributed by atoms with E-state index in [0.717, 1.165) is 43.9 Å². The molecule has 5 rings (SSSR count). The number of hydrogen-bond acceptors (Lipinski definition) is 5. The van der Waals surface area contributed by atoms with Crippen LogP contribution in [0, 0.1) is 0 Å². The average molecular weight is 421 g/mol. The van der Waals surface area contributed by atoms with E-state index in [1.807, 2.05) is 42.5 Å². The zero-order valence-electron chi connectivity index (χ0n) is 15.5. The fourth-order valence-electron chi connectivity index (χ4n) is 3.51. The van der Waals surface area contributed by atoms with E-state index in [4.69, 9.17) is 21.1 Å². The molecule has 4 aromatic rings. The molecule has 0 bridgehead atoms. The van der Waals surface area contributed by atoms with Crippen molar-refractivity contribution < 1.29 is 9.47 Å². The molecule has 0 spiro atoms. The third-order valence-corrected chi connectivity index (χ3v) is 6.07. The molecule has 1 aliphatic rings. The van der Waals surface area contributed by atoms with Crippen molar-refractivity contribution in [3.05, 3.63) is 82.9 Å². The monoisotopic (exact) mass is 420 g/mol. The summed E-state index contributed by atoms with van der Waals surface area (Å²) < 4.78 is 11.1. The van der Waals surface area contributed by atoms with Crippen LogP contribution in [-0.4, -0.2) is 17.0 Å². The summed E-state index contributed by atoms with van der Waals surface area (Å²) in [6.45, 7) is 0.781. The minimum atomic E-state index is 0.265. The van der Waals surface area contributed by atoms with Crippen molar-refractivity contribution in [3.63, 3.8) is 0 Å². The van der Waals surface area contributed by atoms with Gasteiger partial charge < -0.3 is 9.47 Å². The SMILES string of the molecule is Clc1cc2c(c(CSc3nnc(-c4ccccc4)c4ccccc34)c1)OCOC2. The number of halogens is 1. The Balaban J connectivity index is 1.51. The van der Waals surface area contributed by atoms with Crippen LogP contribution in [0.15, 0.2) is 71.8 Å².